The summed E-state index contributed by atoms with van der Waals surface area (Å²) in [6, 6.07) is 5.75. The second-order valence-electron chi connectivity index (χ2n) is 11.8. The predicted octanol–water partition coefficient (Wildman–Crippen LogP) is 8.42. The van der Waals surface area contributed by atoms with Crippen molar-refractivity contribution in [1.29, 1.82) is 0 Å². The van der Waals surface area contributed by atoms with Gasteiger partial charge in [0.2, 0.25) is 0 Å². The van der Waals surface area contributed by atoms with Crippen LogP contribution in [0.3, 0.4) is 0 Å². The first kappa shape index (κ1) is 29.5. The molecular formula is C35H48FNO2. The maximum absolute atomic E-state index is 14.9. The second kappa shape index (κ2) is 13.7. The Morgan fingerprint density at radius 1 is 1.21 bits per heavy atom. The summed E-state index contributed by atoms with van der Waals surface area (Å²) in [4.78, 5) is 4.77. The Balaban J connectivity index is 1.26. The molecule has 212 valence electrons. The van der Waals surface area contributed by atoms with E-state index in [1.807, 2.05) is 39.1 Å². The van der Waals surface area contributed by atoms with Gasteiger partial charge in [-0.15, -0.1) is 0 Å². The molecule has 0 amide bonds. The first-order valence-electron chi connectivity index (χ1n) is 15.2. The molecular weight excluding hydrogens is 485 g/mol. The van der Waals surface area contributed by atoms with Crippen molar-refractivity contribution in [3.05, 3.63) is 81.5 Å². The minimum absolute atomic E-state index is 0.246. The molecule has 4 atom stereocenters. The van der Waals surface area contributed by atoms with Crippen molar-refractivity contribution < 1.29 is 14.2 Å². The van der Waals surface area contributed by atoms with Gasteiger partial charge in [0.15, 0.2) is 0 Å². The molecule has 0 bridgehead atoms. The molecule has 1 fully saturated rings. The topological polar surface area (TPSA) is 42.4 Å². The van der Waals surface area contributed by atoms with Crippen molar-refractivity contribution in [1.82, 2.24) is 4.98 Å². The molecule has 1 aromatic carbocycles. The lowest BCUT2D eigenvalue weighted by Gasteiger charge is -2.18. The Morgan fingerprint density at radius 3 is 2.74 bits per heavy atom. The molecule has 2 aromatic rings. The summed E-state index contributed by atoms with van der Waals surface area (Å²) in [5.41, 5.74) is 7.69. The van der Waals surface area contributed by atoms with Crippen LogP contribution in [0.4, 0.5) is 4.39 Å². The van der Waals surface area contributed by atoms with Crippen LogP contribution in [-0.4, -0.2) is 22.8 Å². The summed E-state index contributed by atoms with van der Waals surface area (Å²) in [7, 11) is 0. The van der Waals surface area contributed by atoms with Gasteiger partial charge >= 0.3 is 0 Å². The van der Waals surface area contributed by atoms with Crippen molar-refractivity contribution in [2.45, 2.75) is 105 Å². The number of halogens is 1. The average Bonchev–Trinajstić information content (AvgIpc) is 3.71. The SMILES string of the molecule is CC=C(CC)C(O)Cc1c(F)cc(C)cc1OCCC1CC1C1CCC=C(Cc2ncc(CC)cc2C)CC1. The van der Waals surface area contributed by atoms with E-state index in [0.29, 0.717) is 23.8 Å². The Labute approximate surface area is 235 Å². The number of nitrogens with zero attached hydrogens (tertiary/aromatic N) is 1. The molecule has 1 saturated carbocycles. The summed E-state index contributed by atoms with van der Waals surface area (Å²) in [6.45, 7) is 10.8. The Morgan fingerprint density at radius 2 is 2.03 bits per heavy atom. The lowest BCUT2D eigenvalue weighted by atomic mass is 9.91. The predicted molar refractivity (Wildman–Crippen MR) is 159 cm³/mol. The van der Waals surface area contributed by atoms with Crippen LogP contribution in [0.1, 0.15) is 93.7 Å². The summed E-state index contributed by atoms with van der Waals surface area (Å²) < 4.78 is 21.1. The zero-order valence-electron chi connectivity index (χ0n) is 24.7. The summed E-state index contributed by atoms with van der Waals surface area (Å²) in [5.74, 6) is 2.60. The van der Waals surface area contributed by atoms with Gasteiger partial charge in [-0.25, -0.2) is 4.39 Å². The van der Waals surface area contributed by atoms with Crippen molar-refractivity contribution in [3.8, 4) is 5.75 Å². The standard InChI is InChI=1S/C35H48FNO2/c1-6-25-18-24(5)33(37-22-25)19-26-10-9-11-28(13-12-26)30-20-29(30)14-15-39-35-17-23(4)16-32(36)31(35)21-34(38)27(7-2)8-3/h7,10,16-18,22,28-30,34,38H,6,8-9,11-15,19-21H2,1-5H3. The lowest BCUT2D eigenvalue weighted by molar-refractivity contribution is 0.203. The van der Waals surface area contributed by atoms with Gasteiger partial charge in [-0.05, 0) is 124 Å². The monoisotopic (exact) mass is 533 g/mol. The molecule has 1 heterocycles. The molecule has 3 nitrogen and oxygen atoms in total. The maximum Gasteiger partial charge on any atom is 0.130 e. The first-order valence-corrected chi connectivity index (χ1v) is 15.2. The van der Waals surface area contributed by atoms with Crippen LogP contribution < -0.4 is 4.74 Å². The number of aliphatic hydroxyl groups is 1. The fourth-order valence-corrected chi connectivity index (χ4v) is 6.49. The van der Waals surface area contributed by atoms with Crippen LogP contribution in [0.15, 0.2) is 47.7 Å². The molecule has 4 unspecified atom stereocenters. The van der Waals surface area contributed by atoms with Gasteiger partial charge < -0.3 is 9.84 Å². The highest BCUT2D eigenvalue weighted by Gasteiger charge is 2.42. The highest BCUT2D eigenvalue weighted by molar-refractivity contribution is 5.39. The fourth-order valence-electron chi connectivity index (χ4n) is 6.49. The number of aryl methyl sites for hydroxylation is 3. The van der Waals surface area contributed by atoms with E-state index in [2.05, 4.69) is 26.0 Å². The average molecular weight is 534 g/mol. The van der Waals surface area contributed by atoms with E-state index in [-0.39, 0.29) is 12.2 Å². The minimum Gasteiger partial charge on any atom is -0.493 e. The Hall–Kier alpha value is -2.46. The van der Waals surface area contributed by atoms with E-state index < -0.39 is 6.10 Å². The Kier molecular flexibility index (Phi) is 10.4. The minimum atomic E-state index is -0.684. The zero-order valence-corrected chi connectivity index (χ0v) is 24.7. The van der Waals surface area contributed by atoms with Crippen LogP contribution in [0.25, 0.3) is 0 Å². The van der Waals surface area contributed by atoms with Gasteiger partial charge in [0.05, 0.1) is 12.7 Å². The highest BCUT2D eigenvalue weighted by atomic mass is 19.1. The van der Waals surface area contributed by atoms with Crippen molar-refractivity contribution in [3.63, 3.8) is 0 Å². The maximum atomic E-state index is 14.9. The van der Waals surface area contributed by atoms with Crippen LogP contribution in [-0.2, 0) is 19.3 Å². The van der Waals surface area contributed by atoms with E-state index in [4.69, 9.17) is 9.72 Å². The molecule has 0 saturated heterocycles. The molecule has 2 aliphatic carbocycles. The Bertz CT molecular complexity index is 1180. The number of ether oxygens (including phenoxy) is 1. The smallest absolute Gasteiger partial charge is 0.130 e. The quantitative estimate of drug-likeness (QED) is 0.278. The first-order chi connectivity index (χ1) is 18.8. The van der Waals surface area contributed by atoms with Gasteiger partial charge in [-0.2, -0.15) is 0 Å². The van der Waals surface area contributed by atoms with Gasteiger partial charge in [-0.3, -0.25) is 4.98 Å². The molecule has 0 aliphatic heterocycles. The molecule has 39 heavy (non-hydrogen) atoms. The fraction of sp³-hybridized carbons (Fsp3) is 0.571. The van der Waals surface area contributed by atoms with Gasteiger partial charge in [0.1, 0.15) is 11.6 Å². The van der Waals surface area contributed by atoms with E-state index in [1.165, 1.54) is 48.9 Å². The number of benzene rings is 1. The molecule has 2 aliphatic rings. The van der Waals surface area contributed by atoms with E-state index in [9.17, 15) is 9.50 Å². The summed E-state index contributed by atoms with van der Waals surface area (Å²) >= 11 is 0. The van der Waals surface area contributed by atoms with Gasteiger partial charge in [0.25, 0.3) is 0 Å². The number of rotatable bonds is 12. The molecule has 0 radical (unpaired) electrons. The number of pyridine rings is 1. The number of aliphatic hydroxyl groups excluding tert-OH is 1. The molecule has 0 spiro atoms. The van der Waals surface area contributed by atoms with Gasteiger partial charge in [-0.1, -0.05) is 37.6 Å². The third-order valence-corrected chi connectivity index (χ3v) is 9.09. The van der Waals surface area contributed by atoms with Crippen LogP contribution in [0.5, 0.6) is 5.75 Å². The van der Waals surface area contributed by atoms with Crippen LogP contribution in [0.2, 0.25) is 0 Å². The summed E-state index contributed by atoms with van der Waals surface area (Å²) in [6.07, 6.45) is 16.0. The highest BCUT2D eigenvalue weighted by Crippen LogP contribution is 2.50. The third kappa shape index (κ3) is 7.81. The van der Waals surface area contributed by atoms with E-state index in [0.717, 1.165) is 48.7 Å². The normalized spacial score (nSPS) is 22.3. The number of allylic oxidation sites excluding steroid dienone is 3. The molecule has 1 aromatic heterocycles. The number of aromatic nitrogens is 1. The van der Waals surface area contributed by atoms with Crippen molar-refractivity contribution in [2.24, 2.45) is 17.8 Å². The van der Waals surface area contributed by atoms with Crippen LogP contribution >= 0.6 is 0 Å². The van der Waals surface area contributed by atoms with E-state index >= 15 is 0 Å². The summed E-state index contributed by atoms with van der Waals surface area (Å²) in [5, 5.41) is 10.6. The number of hydrogen-bond donors (Lipinski definition) is 1. The lowest BCUT2D eigenvalue weighted by Crippen LogP contribution is -2.16. The molecule has 1 N–H and O–H groups in total. The van der Waals surface area contributed by atoms with Gasteiger partial charge in [0, 0.05) is 30.3 Å². The number of hydrogen-bond acceptors (Lipinski definition) is 3. The van der Waals surface area contributed by atoms with Crippen molar-refractivity contribution >= 4 is 0 Å². The largest absolute Gasteiger partial charge is 0.493 e. The van der Waals surface area contributed by atoms with Crippen LogP contribution in [0, 0.1) is 37.4 Å². The zero-order chi connectivity index (χ0) is 27.9. The molecule has 4 heteroatoms. The van der Waals surface area contributed by atoms with Crippen molar-refractivity contribution in [2.75, 3.05) is 6.61 Å². The third-order valence-electron chi connectivity index (χ3n) is 9.09. The second-order valence-corrected chi connectivity index (χ2v) is 11.8. The van der Waals surface area contributed by atoms with E-state index in [1.54, 1.807) is 11.6 Å². The molecule has 4 rings (SSSR count).